The van der Waals surface area contributed by atoms with Gasteiger partial charge in [-0.15, -0.1) is 6.58 Å². The Hall–Kier alpha value is -1.03. The molecule has 0 aliphatic carbocycles. The predicted octanol–water partition coefficient (Wildman–Crippen LogP) is 1.97. The first-order valence-electron chi connectivity index (χ1n) is 4.07. The first-order valence-corrected chi connectivity index (χ1v) is 4.07. The smallest absolute Gasteiger partial charge is 0.434 e. The van der Waals surface area contributed by atoms with Crippen molar-refractivity contribution in [3.05, 3.63) is 12.7 Å². The Kier molecular flexibility index (Phi) is 4.48. The van der Waals surface area contributed by atoms with Crippen LogP contribution in [0, 0.1) is 0 Å². The van der Waals surface area contributed by atoms with Crippen molar-refractivity contribution in [2.45, 2.75) is 26.4 Å². The second-order valence-electron chi connectivity index (χ2n) is 3.56. The Morgan fingerprint density at radius 1 is 1.54 bits per heavy atom. The maximum atomic E-state index is 11.2. The number of hydroxylamine groups is 2. The lowest BCUT2D eigenvalue weighted by Crippen LogP contribution is -2.34. The number of carbonyl (C=O) groups excluding carboxylic acids is 1. The van der Waals surface area contributed by atoms with Crippen molar-refractivity contribution < 1.29 is 14.4 Å². The van der Waals surface area contributed by atoms with Crippen molar-refractivity contribution >= 4 is 6.09 Å². The average molecular weight is 187 g/mol. The van der Waals surface area contributed by atoms with Gasteiger partial charge in [0.25, 0.3) is 0 Å². The molecule has 1 amide bonds. The molecule has 0 aliphatic rings. The van der Waals surface area contributed by atoms with Crippen molar-refractivity contribution in [3.8, 4) is 0 Å². The maximum Gasteiger partial charge on any atom is 0.434 e. The Bertz CT molecular complexity index is 184. The summed E-state index contributed by atoms with van der Waals surface area (Å²) in [4.78, 5) is 16.1. The predicted molar refractivity (Wildman–Crippen MR) is 50.1 cm³/mol. The molecule has 0 fully saturated rings. The lowest BCUT2D eigenvalue weighted by Gasteiger charge is -2.23. The van der Waals surface area contributed by atoms with Gasteiger partial charge in [0.05, 0.1) is 6.61 Å². The van der Waals surface area contributed by atoms with Gasteiger partial charge in [-0.05, 0) is 20.8 Å². The number of nitrogens with zero attached hydrogens (tertiary/aromatic N) is 1. The van der Waals surface area contributed by atoms with E-state index in [1.165, 1.54) is 7.05 Å². The molecule has 0 aromatic carbocycles. The molecule has 13 heavy (non-hydrogen) atoms. The number of hydrogen-bond acceptors (Lipinski definition) is 3. The van der Waals surface area contributed by atoms with E-state index in [2.05, 4.69) is 6.58 Å². The molecule has 0 saturated heterocycles. The van der Waals surface area contributed by atoms with Gasteiger partial charge in [0.1, 0.15) is 5.60 Å². The molecule has 76 valence electrons. The van der Waals surface area contributed by atoms with E-state index in [1.54, 1.807) is 26.8 Å². The molecule has 0 atom stereocenters. The Morgan fingerprint density at radius 3 is 2.46 bits per heavy atom. The molecule has 0 rings (SSSR count). The van der Waals surface area contributed by atoms with Crippen LogP contribution in [0.25, 0.3) is 0 Å². The largest absolute Gasteiger partial charge is 0.442 e. The van der Waals surface area contributed by atoms with Crippen LogP contribution in [0.5, 0.6) is 0 Å². The standard InChI is InChI=1S/C9H17NO3/c1-6-7-12-10(5)8(11)13-9(2,3)4/h6H,1,7H2,2-5H3. The quantitative estimate of drug-likeness (QED) is 0.501. The molecular weight excluding hydrogens is 170 g/mol. The zero-order valence-corrected chi connectivity index (χ0v) is 8.66. The summed E-state index contributed by atoms with van der Waals surface area (Å²) in [5, 5.41) is 1.05. The summed E-state index contributed by atoms with van der Waals surface area (Å²) in [5.74, 6) is 0. The third kappa shape index (κ3) is 6.16. The molecule has 0 heterocycles. The van der Waals surface area contributed by atoms with E-state index in [0.29, 0.717) is 0 Å². The summed E-state index contributed by atoms with van der Waals surface area (Å²) in [6, 6.07) is 0. The lowest BCUT2D eigenvalue weighted by molar-refractivity contribution is -0.121. The summed E-state index contributed by atoms with van der Waals surface area (Å²) in [6.45, 7) is 9.14. The van der Waals surface area contributed by atoms with Crippen LogP contribution >= 0.6 is 0 Å². The van der Waals surface area contributed by atoms with Gasteiger partial charge < -0.3 is 4.74 Å². The number of ether oxygens (including phenoxy) is 1. The molecule has 0 aromatic rings. The first kappa shape index (κ1) is 12.0. The molecule has 0 spiro atoms. The van der Waals surface area contributed by atoms with Gasteiger partial charge in [-0.2, -0.15) is 5.06 Å². The normalized spacial score (nSPS) is 10.8. The van der Waals surface area contributed by atoms with E-state index in [9.17, 15) is 4.79 Å². The molecule has 4 heteroatoms. The third-order valence-electron chi connectivity index (χ3n) is 1.04. The molecule has 0 bridgehead atoms. The Labute approximate surface area is 79.1 Å². The van der Waals surface area contributed by atoms with Crippen LogP contribution in [-0.2, 0) is 9.57 Å². The van der Waals surface area contributed by atoms with E-state index in [4.69, 9.17) is 9.57 Å². The van der Waals surface area contributed by atoms with Crippen LogP contribution < -0.4 is 0 Å². The van der Waals surface area contributed by atoms with E-state index in [1.807, 2.05) is 0 Å². The van der Waals surface area contributed by atoms with Crippen LogP contribution in [0.1, 0.15) is 20.8 Å². The SMILES string of the molecule is C=CCON(C)C(=O)OC(C)(C)C. The minimum absolute atomic E-state index is 0.287. The fourth-order valence-electron chi connectivity index (χ4n) is 0.543. The number of carbonyl (C=O) groups is 1. The highest BCUT2D eigenvalue weighted by atomic mass is 16.7. The molecule has 0 saturated carbocycles. The fraction of sp³-hybridized carbons (Fsp3) is 0.667. The van der Waals surface area contributed by atoms with Crippen LogP contribution in [-0.4, -0.2) is 30.4 Å². The van der Waals surface area contributed by atoms with Crippen molar-refractivity contribution in [1.82, 2.24) is 5.06 Å². The van der Waals surface area contributed by atoms with E-state index in [-0.39, 0.29) is 6.61 Å². The van der Waals surface area contributed by atoms with Gasteiger partial charge >= 0.3 is 6.09 Å². The van der Waals surface area contributed by atoms with Crippen molar-refractivity contribution in [2.75, 3.05) is 13.7 Å². The highest BCUT2D eigenvalue weighted by molar-refractivity contribution is 5.66. The van der Waals surface area contributed by atoms with Crippen LogP contribution in [0.3, 0.4) is 0 Å². The summed E-state index contributed by atoms with van der Waals surface area (Å²) >= 11 is 0. The minimum Gasteiger partial charge on any atom is -0.442 e. The van der Waals surface area contributed by atoms with Crippen molar-refractivity contribution in [2.24, 2.45) is 0 Å². The van der Waals surface area contributed by atoms with Crippen LogP contribution in [0.4, 0.5) is 4.79 Å². The van der Waals surface area contributed by atoms with Gasteiger partial charge in [0, 0.05) is 7.05 Å². The molecule has 0 radical (unpaired) electrons. The summed E-state index contributed by atoms with van der Waals surface area (Å²) in [5.41, 5.74) is -0.497. The summed E-state index contributed by atoms with van der Waals surface area (Å²) in [7, 11) is 1.50. The Balaban J connectivity index is 3.89. The molecule has 0 N–H and O–H groups in total. The lowest BCUT2D eigenvalue weighted by atomic mass is 10.2. The van der Waals surface area contributed by atoms with Gasteiger partial charge in [-0.25, -0.2) is 4.79 Å². The highest BCUT2D eigenvalue weighted by Gasteiger charge is 2.19. The van der Waals surface area contributed by atoms with Crippen molar-refractivity contribution in [3.63, 3.8) is 0 Å². The molecule has 0 aliphatic heterocycles. The van der Waals surface area contributed by atoms with E-state index >= 15 is 0 Å². The zero-order chi connectivity index (χ0) is 10.5. The number of amides is 1. The second kappa shape index (κ2) is 4.87. The van der Waals surface area contributed by atoms with E-state index in [0.717, 1.165) is 5.06 Å². The number of hydrogen-bond donors (Lipinski definition) is 0. The van der Waals surface area contributed by atoms with Gasteiger partial charge in [-0.1, -0.05) is 6.08 Å². The highest BCUT2D eigenvalue weighted by Crippen LogP contribution is 2.08. The topological polar surface area (TPSA) is 38.8 Å². The van der Waals surface area contributed by atoms with Crippen LogP contribution in [0.2, 0.25) is 0 Å². The average Bonchev–Trinajstić information content (AvgIpc) is 1.96. The van der Waals surface area contributed by atoms with Gasteiger partial charge in [0.2, 0.25) is 0 Å². The fourth-order valence-corrected chi connectivity index (χ4v) is 0.543. The van der Waals surface area contributed by atoms with Crippen LogP contribution in [0.15, 0.2) is 12.7 Å². The summed E-state index contributed by atoms with van der Waals surface area (Å²) < 4.78 is 5.02. The molecular formula is C9H17NO3. The monoisotopic (exact) mass is 187 g/mol. The summed E-state index contributed by atoms with van der Waals surface area (Å²) in [6.07, 6.45) is 1.05. The molecule has 0 aromatic heterocycles. The van der Waals surface area contributed by atoms with Gasteiger partial charge in [-0.3, -0.25) is 4.84 Å². The molecule has 0 unspecified atom stereocenters. The minimum atomic E-state index is -0.505. The van der Waals surface area contributed by atoms with Gasteiger partial charge in [0.15, 0.2) is 0 Å². The van der Waals surface area contributed by atoms with E-state index < -0.39 is 11.7 Å². The van der Waals surface area contributed by atoms with Crippen molar-refractivity contribution in [1.29, 1.82) is 0 Å². The number of rotatable bonds is 3. The maximum absolute atomic E-state index is 11.2. The first-order chi connectivity index (χ1) is 5.87. The Morgan fingerprint density at radius 2 is 2.08 bits per heavy atom. The second-order valence-corrected chi connectivity index (χ2v) is 3.56. The third-order valence-corrected chi connectivity index (χ3v) is 1.04. The molecule has 4 nitrogen and oxygen atoms in total. The zero-order valence-electron chi connectivity index (χ0n) is 8.66.